The van der Waals surface area contributed by atoms with Crippen molar-refractivity contribution >= 4 is 12.2 Å². The molecule has 2 rings (SSSR count). The largest absolute Gasteiger partial charge is 0.465 e. The summed E-state index contributed by atoms with van der Waals surface area (Å²) in [5.74, 6) is 0.843. The Labute approximate surface area is 244 Å². The fourth-order valence-corrected chi connectivity index (χ4v) is 8.47. The Hall–Kier alpha value is -1.54. The molecular formula is C32H62N4O4. The van der Waals surface area contributed by atoms with Gasteiger partial charge in [-0.15, -0.1) is 0 Å². The van der Waals surface area contributed by atoms with Crippen LogP contribution >= 0.6 is 0 Å². The van der Waals surface area contributed by atoms with Gasteiger partial charge in [0.1, 0.15) is 0 Å². The van der Waals surface area contributed by atoms with Crippen LogP contribution in [0.1, 0.15) is 133 Å². The molecule has 0 saturated carbocycles. The van der Waals surface area contributed by atoms with Crippen LogP contribution in [-0.2, 0) is 0 Å². The topological polar surface area (TPSA) is 123 Å². The van der Waals surface area contributed by atoms with Crippen molar-refractivity contribution in [1.82, 2.24) is 21.3 Å². The predicted molar refractivity (Wildman–Crippen MR) is 164 cm³/mol. The smallest absolute Gasteiger partial charge is 0.405 e. The fraction of sp³-hybridized carbons (Fsp3) is 0.938. The van der Waals surface area contributed by atoms with Crippen molar-refractivity contribution < 1.29 is 19.8 Å². The summed E-state index contributed by atoms with van der Waals surface area (Å²) in [6.45, 7) is 23.4. The summed E-state index contributed by atoms with van der Waals surface area (Å²) < 4.78 is 0. The Morgan fingerprint density at radius 3 is 1.55 bits per heavy atom. The number of carboxylic acid groups (broad SMARTS) is 2. The summed E-state index contributed by atoms with van der Waals surface area (Å²) >= 11 is 0. The molecule has 2 heterocycles. The highest BCUT2D eigenvalue weighted by atomic mass is 16.4. The minimum absolute atomic E-state index is 0.0863. The zero-order valence-corrected chi connectivity index (χ0v) is 27.3. The van der Waals surface area contributed by atoms with Gasteiger partial charge >= 0.3 is 12.2 Å². The standard InChI is InChI=1S/C32H62N4O4/c1-11-28(7)20-24(22(5)30(9,13-3)35-28)32(34-27(39)40,18-16-15-17-19-33-26(37)38)25-21-29(8,12-2)36-31(10,14-4)23(25)6/h22-25,33-36H,11-21H2,1-10H3,(H,37,38)(H,39,40). The molecule has 0 aromatic heterocycles. The average molecular weight is 567 g/mol. The van der Waals surface area contributed by atoms with Crippen molar-refractivity contribution in [3.8, 4) is 0 Å². The van der Waals surface area contributed by atoms with E-state index < -0.39 is 17.7 Å². The first-order valence-electron chi connectivity index (χ1n) is 16.1. The predicted octanol–water partition coefficient (Wildman–Crippen LogP) is 6.99. The van der Waals surface area contributed by atoms with Gasteiger partial charge in [-0.2, -0.15) is 0 Å². The number of hydrogen-bond acceptors (Lipinski definition) is 4. The highest BCUT2D eigenvalue weighted by molar-refractivity contribution is 5.66. The summed E-state index contributed by atoms with van der Waals surface area (Å²) in [5.41, 5.74) is -0.992. The van der Waals surface area contributed by atoms with Gasteiger partial charge < -0.3 is 31.5 Å². The molecule has 40 heavy (non-hydrogen) atoms. The molecule has 0 bridgehead atoms. The minimum Gasteiger partial charge on any atom is -0.465 e. The molecule has 0 aromatic rings. The van der Waals surface area contributed by atoms with Gasteiger partial charge in [0.15, 0.2) is 0 Å². The molecule has 8 unspecified atom stereocenters. The van der Waals surface area contributed by atoms with Crippen molar-refractivity contribution in [2.45, 2.75) is 161 Å². The highest BCUT2D eigenvalue weighted by Crippen LogP contribution is 2.55. The maximum absolute atomic E-state index is 12.8. The van der Waals surface area contributed by atoms with Gasteiger partial charge in [-0.3, -0.25) is 0 Å². The Kier molecular flexibility index (Phi) is 11.4. The Bertz CT molecular complexity index is 824. The van der Waals surface area contributed by atoms with Crippen LogP contribution in [0.25, 0.3) is 0 Å². The van der Waals surface area contributed by atoms with Crippen LogP contribution in [0.3, 0.4) is 0 Å². The number of hydrogen-bond donors (Lipinski definition) is 6. The molecule has 6 N–H and O–H groups in total. The molecular weight excluding hydrogens is 504 g/mol. The van der Waals surface area contributed by atoms with E-state index in [-0.39, 0.29) is 45.8 Å². The summed E-state index contributed by atoms with van der Waals surface area (Å²) in [5, 5.41) is 33.3. The molecule has 2 fully saturated rings. The van der Waals surface area contributed by atoms with Crippen LogP contribution in [0.4, 0.5) is 9.59 Å². The molecule has 0 radical (unpaired) electrons. The maximum Gasteiger partial charge on any atom is 0.405 e. The molecule has 234 valence electrons. The zero-order valence-electron chi connectivity index (χ0n) is 27.3. The number of carbonyl (C=O) groups is 2. The number of nitrogens with one attached hydrogen (secondary N) is 4. The van der Waals surface area contributed by atoms with Gasteiger partial charge in [0.25, 0.3) is 0 Å². The summed E-state index contributed by atoms with van der Waals surface area (Å²) in [4.78, 5) is 23.8. The lowest BCUT2D eigenvalue weighted by Crippen LogP contribution is -2.75. The quantitative estimate of drug-likeness (QED) is 0.134. The third-order valence-electron chi connectivity index (χ3n) is 12.0. The first-order valence-corrected chi connectivity index (χ1v) is 16.1. The van der Waals surface area contributed by atoms with Gasteiger partial charge in [0.05, 0.1) is 0 Å². The van der Waals surface area contributed by atoms with Crippen LogP contribution in [-0.4, -0.2) is 56.6 Å². The minimum atomic E-state index is -0.996. The van der Waals surface area contributed by atoms with E-state index in [1.807, 2.05) is 0 Å². The van der Waals surface area contributed by atoms with E-state index in [9.17, 15) is 14.7 Å². The van der Waals surface area contributed by atoms with E-state index >= 15 is 0 Å². The first kappa shape index (κ1) is 34.7. The Morgan fingerprint density at radius 2 is 1.20 bits per heavy atom. The van der Waals surface area contributed by atoms with E-state index in [0.717, 1.165) is 64.2 Å². The summed E-state index contributed by atoms with van der Waals surface area (Å²) in [7, 11) is 0. The second-order valence-corrected chi connectivity index (χ2v) is 14.3. The SMILES string of the molecule is CCC1(C)CC(C(CCCCCNC(=O)O)(NC(=O)O)C2CC(C)(CC)NC(C)(CC)C2C)C(C)C(C)(CC)N1. The van der Waals surface area contributed by atoms with Crippen molar-refractivity contribution in [2.75, 3.05) is 6.54 Å². The van der Waals surface area contributed by atoms with Crippen LogP contribution in [0.5, 0.6) is 0 Å². The van der Waals surface area contributed by atoms with Crippen LogP contribution in [0.2, 0.25) is 0 Å². The molecule has 8 heteroatoms. The molecule has 0 spiro atoms. The van der Waals surface area contributed by atoms with Crippen molar-refractivity contribution in [3.63, 3.8) is 0 Å². The van der Waals surface area contributed by atoms with Gasteiger partial charge in [-0.05, 0) is 103 Å². The first-order chi connectivity index (χ1) is 18.5. The van der Waals surface area contributed by atoms with E-state index in [1.54, 1.807) is 0 Å². The molecule has 8 atom stereocenters. The third kappa shape index (κ3) is 7.26. The van der Waals surface area contributed by atoms with Crippen molar-refractivity contribution in [2.24, 2.45) is 23.7 Å². The van der Waals surface area contributed by atoms with Crippen LogP contribution in [0, 0.1) is 23.7 Å². The zero-order chi connectivity index (χ0) is 30.6. The molecule has 2 aliphatic rings. The third-order valence-corrected chi connectivity index (χ3v) is 12.0. The van der Waals surface area contributed by atoms with Crippen LogP contribution in [0.15, 0.2) is 0 Å². The number of rotatable bonds is 13. The van der Waals surface area contributed by atoms with E-state index in [4.69, 9.17) is 5.11 Å². The number of unbranched alkanes of at least 4 members (excludes halogenated alkanes) is 2. The number of piperidine rings is 2. The molecule has 2 aliphatic heterocycles. The normalized spacial score (nSPS) is 39.8. The molecule has 8 nitrogen and oxygen atoms in total. The molecule has 2 saturated heterocycles. The summed E-state index contributed by atoms with van der Waals surface area (Å²) in [6, 6.07) is 0. The average Bonchev–Trinajstić information content (AvgIpc) is 2.89. The Morgan fingerprint density at radius 1 is 0.750 bits per heavy atom. The van der Waals surface area contributed by atoms with E-state index in [2.05, 4.69) is 90.5 Å². The lowest BCUT2D eigenvalue weighted by atomic mass is 9.50. The van der Waals surface area contributed by atoms with Gasteiger partial charge in [0.2, 0.25) is 0 Å². The van der Waals surface area contributed by atoms with E-state index in [1.165, 1.54) is 0 Å². The lowest BCUT2D eigenvalue weighted by molar-refractivity contribution is -0.0822. The van der Waals surface area contributed by atoms with Gasteiger partial charge in [-0.1, -0.05) is 54.4 Å². The van der Waals surface area contributed by atoms with Crippen molar-refractivity contribution in [3.05, 3.63) is 0 Å². The molecule has 0 aliphatic carbocycles. The van der Waals surface area contributed by atoms with Gasteiger partial charge in [0, 0.05) is 34.2 Å². The van der Waals surface area contributed by atoms with Crippen molar-refractivity contribution in [1.29, 1.82) is 0 Å². The van der Waals surface area contributed by atoms with Crippen LogP contribution < -0.4 is 21.3 Å². The maximum atomic E-state index is 12.8. The molecule has 0 aromatic carbocycles. The monoisotopic (exact) mass is 566 g/mol. The fourth-order valence-electron chi connectivity index (χ4n) is 8.47. The number of amides is 2. The highest BCUT2D eigenvalue weighted by Gasteiger charge is 2.61. The Balaban J connectivity index is 2.70. The molecule has 2 amide bonds. The van der Waals surface area contributed by atoms with E-state index in [0.29, 0.717) is 6.54 Å². The summed E-state index contributed by atoms with van der Waals surface area (Å²) in [6.07, 6.45) is 7.05. The van der Waals surface area contributed by atoms with Gasteiger partial charge in [-0.25, -0.2) is 9.59 Å². The second-order valence-electron chi connectivity index (χ2n) is 14.3. The lowest BCUT2D eigenvalue weighted by Gasteiger charge is -2.64. The second kappa shape index (κ2) is 13.2.